The van der Waals surface area contributed by atoms with Crippen molar-refractivity contribution in [2.45, 2.75) is 78.3 Å². The van der Waals surface area contributed by atoms with Gasteiger partial charge in [-0.2, -0.15) is 5.10 Å². The number of aromatic nitrogens is 3. The first-order valence-electron chi connectivity index (χ1n) is 13.9. The third kappa shape index (κ3) is 5.87. The lowest BCUT2D eigenvalue weighted by Gasteiger charge is -2.33. The quantitative estimate of drug-likeness (QED) is 0.447. The normalized spacial score (nSPS) is 18.8. The highest BCUT2D eigenvalue weighted by molar-refractivity contribution is 6.11. The van der Waals surface area contributed by atoms with Gasteiger partial charge in [0.25, 0.3) is 5.91 Å². The Morgan fingerprint density at radius 2 is 2.00 bits per heavy atom. The number of nitrogens with one attached hydrogen (secondary N) is 2. The third-order valence-corrected chi connectivity index (χ3v) is 6.88. The van der Waals surface area contributed by atoms with Gasteiger partial charge >= 0.3 is 12.2 Å². The van der Waals surface area contributed by atoms with Crippen LogP contribution >= 0.6 is 0 Å². The molecule has 0 saturated carbocycles. The molecule has 2 atom stereocenters. The maximum absolute atomic E-state index is 16.2. The van der Waals surface area contributed by atoms with Crippen LogP contribution in [-0.2, 0) is 20.8 Å². The summed E-state index contributed by atoms with van der Waals surface area (Å²) >= 11 is 0. The van der Waals surface area contributed by atoms with Gasteiger partial charge in [0.05, 0.1) is 54.3 Å². The van der Waals surface area contributed by atoms with E-state index in [9.17, 15) is 14.4 Å². The molecule has 42 heavy (non-hydrogen) atoms. The number of imide groups is 1. The molecule has 0 bridgehead atoms. The Kier molecular flexibility index (Phi) is 7.80. The van der Waals surface area contributed by atoms with Gasteiger partial charge in [-0.05, 0) is 65.7 Å². The SMILES string of the molecule is Cc1ccn2ncc(-c3nc(NC4CCOCC4NC(=O)OC(C)(C)C)c(F)c4c3C(=O)N(C(=O)OC(C)C)C4)c2c1. The minimum atomic E-state index is -0.868. The van der Waals surface area contributed by atoms with Crippen molar-refractivity contribution in [2.75, 3.05) is 18.5 Å². The lowest BCUT2D eigenvalue weighted by molar-refractivity contribution is 0.0317. The van der Waals surface area contributed by atoms with Crippen molar-refractivity contribution in [1.82, 2.24) is 24.8 Å². The van der Waals surface area contributed by atoms with Crippen LogP contribution in [0.25, 0.3) is 16.8 Å². The lowest BCUT2D eigenvalue weighted by Crippen LogP contribution is -2.53. The fraction of sp³-hybridized carbons (Fsp3) is 0.483. The largest absolute Gasteiger partial charge is 0.446 e. The molecule has 2 aliphatic rings. The topological polar surface area (TPSA) is 136 Å². The Balaban J connectivity index is 1.56. The van der Waals surface area contributed by atoms with E-state index >= 15 is 4.39 Å². The molecule has 0 spiro atoms. The van der Waals surface area contributed by atoms with Gasteiger partial charge < -0.3 is 24.8 Å². The van der Waals surface area contributed by atoms with E-state index in [0.717, 1.165) is 10.5 Å². The maximum atomic E-state index is 16.2. The molecule has 2 unspecified atom stereocenters. The van der Waals surface area contributed by atoms with E-state index in [1.807, 2.05) is 19.1 Å². The molecule has 13 heteroatoms. The number of halogens is 1. The van der Waals surface area contributed by atoms with E-state index < -0.39 is 47.7 Å². The average Bonchev–Trinajstić information content (AvgIpc) is 3.46. The zero-order valence-corrected chi connectivity index (χ0v) is 24.5. The molecule has 3 aromatic heterocycles. The van der Waals surface area contributed by atoms with Gasteiger partial charge in [0.2, 0.25) is 0 Å². The minimum absolute atomic E-state index is 0.0175. The molecule has 5 heterocycles. The van der Waals surface area contributed by atoms with Gasteiger partial charge in [0, 0.05) is 23.9 Å². The Morgan fingerprint density at radius 1 is 1.24 bits per heavy atom. The number of carbonyl (C=O) groups excluding carboxylic acids is 3. The van der Waals surface area contributed by atoms with Crippen molar-refractivity contribution in [1.29, 1.82) is 0 Å². The van der Waals surface area contributed by atoms with Gasteiger partial charge in [-0.1, -0.05) is 0 Å². The number of carbonyl (C=O) groups is 3. The summed E-state index contributed by atoms with van der Waals surface area (Å²) in [7, 11) is 0. The predicted molar refractivity (Wildman–Crippen MR) is 151 cm³/mol. The Morgan fingerprint density at radius 3 is 2.71 bits per heavy atom. The van der Waals surface area contributed by atoms with Crippen molar-refractivity contribution in [3.05, 3.63) is 47.0 Å². The fourth-order valence-corrected chi connectivity index (χ4v) is 5.02. The molecule has 12 nitrogen and oxygen atoms in total. The summed E-state index contributed by atoms with van der Waals surface area (Å²) in [5.74, 6) is -1.59. The van der Waals surface area contributed by atoms with Crippen LogP contribution in [-0.4, -0.2) is 74.6 Å². The summed E-state index contributed by atoms with van der Waals surface area (Å²) < 4.78 is 34.1. The van der Waals surface area contributed by atoms with Crippen LogP contribution in [0.1, 0.15) is 62.5 Å². The number of hydrogen-bond acceptors (Lipinski definition) is 9. The first-order valence-corrected chi connectivity index (χ1v) is 13.9. The summed E-state index contributed by atoms with van der Waals surface area (Å²) in [6, 6.07) is 2.75. The number of fused-ring (bicyclic) bond motifs is 2. The number of amides is 3. The summed E-state index contributed by atoms with van der Waals surface area (Å²) in [6.45, 7) is 10.8. The molecule has 3 amide bonds. The fourth-order valence-electron chi connectivity index (χ4n) is 5.02. The number of aryl methyl sites for hydroxylation is 1. The summed E-state index contributed by atoms with van der Waals surface area (Å²) in [6.07, 6.45) is 1.81. The third-order valence-electron chi connectivity index (χ3n) is 6.88. The van der Waals surface area contributed by atoms with E-state index in [1.54, 1.807) is 51.5 Å². The number of nitrogens with zero attached hydrogens (tertiary/aromatic N) is 4. The molecule has 2 N–H and O–H groups in total. The Hall–Kier alpha value is -4.26. The Labute approximate surface area is 242 Å². The van der Waals surface area contributed by atoms with Crippen LogP contribution in [0, 0.1) is 12.7 Å². The van der Waals surface area contributed by atoms with E-state index in [2.05, 4.69) is 20.7 Å². The minimum Gasteiger partial charge on any atom is -0.446 e. The second-order valence-electron chi connectivity index (χ2n) is 11.8. The van der Waals surface area contributed by atoms with E-state index in [4.69, 9.17) is 14.2 Å². The molecule has 224 valence electrons. The highest BCUT2D eigenvalue weighted by Gasteiger charge is 2.41. The number of pyridine rings is 2. The molecule has 0 radical (unpaired) electrons. The van der Waals surface area contributed by atoms with Crippen molar-refractivity contribution in [3.63, 3.8) is 0 Å². The van der Waals surface area contributed by atoms with Gasteiger partial charge in [0.15, 0.2) is 11.6 Å². The van der Waals surface area contributed by atoms with Gasteiger partial charge in [-0.15, -0.1) is 0 Å². The smallest absolute Gasteiger partial charge is 0.417 e. The number of alkyl carbamates (subject to hydrolysis) is 1. The molecule has 5 rings (SSSR count). The highest BCUT2D eigenvalue weighted by Crippen LogP contribution is 2.38. The van der Waals surface area contributed by atoms with Crippen LogP contribution in [0.15, 0.2) is 24.5 Å². The summed E-state index contributed by atoms with van der Waals surface area (Å²) in [4.78, 5) is 44.4. The van der Waals surface area contributed by atoms with Crippen molar-refractivity contribution in [2.24, 2.45) is 0 Å². The van der Waals surface area contributed by atoms with E-state index in [0.29, 0.717) is 24.1 Å². The highest BCUT2D eigenvalue weighted by atomic mass is 19.1. The van der Waals surface area contributed by atoms with E-state index in [1.165, 1.54) is 0 Å². The maximum Gasteiger partial charge on any atom is 0.417 e. The molecule has 2 aliphatic heterocycles. The number of ether oxygens (including phenoxy) is 3. The van der Waals surface area contributed by atoms with Gasteiger partial charge in [0.1, 0.15) is 5.60 Å². The first kappa shape index (κ1) is 29.2. The number of hydrogen-bond donors (Lipinski definition) is 2. The van der Waals surface area contributed by atoms with Crippen LogP contribution in [0.3, 0.4) is 0 Å². The monoisotopic (exact) mass is 582 g/mol. The van der Waals surface area contributed by atoms with Crippen LogP contribution in [0.2, 0.25) is 0 Å². The second kappa shape index (κ2) is 11.2. The first-order chi connectivity index (χ1) is 19.8. The van der Waals surface area contributed by atoms with Crippen LogP contribution < -0.4 is 10.6 Å². The molecule has 1 fully saturated rings. The van der Waals surface area contributed by atoms with Gasteiger partial charge in [-0.3, -0.25) is 4.79 Å². The zero-order chi connectivity index (χ0) is 30.3. The number of rotatable bonds is 5. The van der Waals surface area contributed by atoms with Crippen molar-refractivity contribution in [3.8, 4) is 11.3 Å². The second-order valence-corrected chi connectivity index (χ2v) is 11.8. The molecule has 0 aromatic carbocycles. The van der Waals surface area contributed by atoms with Gasteiger partial charge in [-0.25, -0.2) is 28.4 Å². The van der Waals surface area contributed by atoms with Crippen molar-refractivity contribution >= 4 is 29.4 Å². The molecular formula is C29H35FN6O6. The van der Waals surface area contributed by atoms with Crippen molar-refractivity contribution < 1.29 is 33.0 Å². The summed E-state index contributed by atoms with van der Waals surface area (Å²) in [5, 5.41) is 10.3. The van der Waals surface area contributed by atoms with Crippen LogP contribution in [0.5, 0.6) is 0 Å². The molecule has 3 aromatic rings. The standard InChI is InChI=1S/C29H35FN6O6/c1-15(2)41-28(39)35-13-18-22(26(35)37)24(17-12-31-36-9-7-16(3)11-21(17)36)34-25(23(18)30)32-19-8-10-40-14-20(19)33-27(38)42-29(4,5)6/h7,9,11-12,15,19-20H,8,10,13-14H2,1-6H3,(H,32,34)(H,33,38). The predicted octanol–water partition coefficient (Wildman–Crippen LogP) is 4.44. The average molecular weight is 583 g/mol. The number of anilines is 1. The van der Waals surface area contributed by atoms with E-state index in [-0.39, 0.29) is 35.8 Å². The molecule has 0 aliphatic carbocycles. The molecular weight excluding hydrogens is 547 g/mol. The zero-order valence-electron chi connectivity index (χ0n) is 24.5. The molecule has 1 saturated heterocycles. The summed E-state index contributed by atoms with van der Waals surface area (Å²) in [5.41, 5.74) is 1.59. The Bertz CT molecular complexity index is 1550. The lowest BCUT2D eigenvalue weighted by atomic mass is 10.0. The van der Waals surface area contributed by atoms with Crippen LogP contribution in [0.4, 0.5) is 19.8 Å².